The van der Waals surface area contributed by atoms with E-state index in [-0.39, 0.29) is 12.0 Å². The molecule has 4 nitrogen and oxygen atoms in total. The molecule has 3 aliphatic rings. The van der Waals surface area contributed by atoms with E-state index in [0.29, 0.717) is 18.4 Å². The summed E-state index contributed by atoms with van der Waals surface area (Å²) in [5, 5.41) is 3.37. The molecule has 2 bridgehead atoms. The average molecular weight is 302 g/mol. The molecule has 1 N–H and O–H groups in total. The first-order chi connectivity index (χ1) is 10.8. The second-order valence-electron chi connectivity index (χ2n) is 6.43. The summed E-state index contributed by atoms with van der Waals surface area (Å²) in [6, 6.07) is 9.73. The van der Waals surface area contributed by atoms with Crippen molar-refractivity contribution in [3.63, 3.8) is 0 Å². The molecule has 4 rings (SSSR count). The highest BCUT2D eigenvalue weighted by molar-refractivity contribution is 5.76. The maximum atomic E-state index is 12.6. The van der Waals surface area contributed by atoms with Gasteiger partial charge in [0.1, 0.15) is 12.6 Å². The van der Waals surface area contributed by atoms with Gasteiger partial charge in [-0.15, -0.1) is 0 Å². The summed E-state index contributed by atoms with van der Waals surface area (Å²) in [6.45, 7) is 6.64. The minimum Gasteiger partial charge on any atom is -0.460 e. The number of fused-ring (bicyclic) bond motifs is 3. The molecule has 1 aromatic rings. The van der Waals surface area contributed by atoms with Gasteiger partial charge in [-0.1, -0.05) is 37.3 Å². The van der Waals surface area contributed by atoms with E-state index in [1.54, 1.807) is 0 Å². The van der Waals surface area contributed by atoms with Crippen LogP contribution in [0.3, 0.4) is 0 Å². The topological polar surface area (TPSA) is 41.6 Å². The first kappa shape index (κ1) is 15.5. The number of hydrogen-bond acceptors (Lipinski definition) is 4. The molecule has 3 heterocycles. The molecule has 0 amide bonds. The molecule has 1 aromatic carbocycles. The molecule has 4 heteroatoms. The Labute approximate surface area is 132 Å². The number of esters is 1. The Morgan fingerprint density at radius 3 is 2.64 bits per heavy atom. The molecule has 22 heavy (non-hydrogen) atoms. The van der Waals surface area contributed by atoms with E-state index in [1.807, 2.05) is 30.3 Å². The molecule has 3 fully saturated rings. The van der Waals surface area contributed by atoms with Crippen molar-refractivity contribution < 1.29 is 9.53 Å². The Balaban J connectivity index is 1.61. The van der Waals surface area contributed by atoms with Gasteiger partial charge in [-0.25, -0.2) is 0 Å². The van der Waals surface area contributed by atoms with Crippen molar-refractivity contribution in [3.05, 3.63) is 35.9 Å². The average Bonchev–Trinajstić information content (AvgIpc) is 2.59. The Bertz CT molecular complexity index is 483. The quantitative estimate of drug-likeness (QED) is 0.817. The van der Waals surface area contributed by atoms with Gasteiger partial charge < -0.3 is 15.0 Å². The lowest BCUT2D eigenvalue weighted by Crippen LogP contribution is -2.57. The fourth-order valence-corrected chi connectivity index (χ4v) is 3.84. The molecule has 0 spiro atoms. The van der Waals surface area contributed by atoms with Crippen LogP contribution < -0.4 is 5.32 Å². The van der Waals surface area contributed by atoms with Crippen LogP contribution in [0.15, 0.2) is 30.3 Å². The zero-order chi connectivity index (χ0) is 15.4. The number of carbonyl (C=O) groups excluding carboxylic acids is 1. The van der Waals surface area contributed by atoms with Gasteiger partial charge in [-0.3, -0.25) is 4.79 Å². The van der Waals surface area contributed by atoms with Gasteiger partial charge in [-0.05, 0) is 44.0 Å². The second-order valence-corrected chi connectivity index (χ2v) is 6.43. The molecule has 0 radical (unpaired) electrons. The molecule has 3 saturated heterocycles. The maximum absolute atomic E-state index is 12.6. The van der Waals surface area contributed by atoms with Gasteiger partial charge >= 0.3 is 5.97 Å². The fraction of sp³-hybridized carbons (Fsp3) is 0.611. The molecule has 3 aliphatic heterocycles. The molecule has 2 atom stereocenters. The minimum atomic E-state index is -0.165. The van der Waals surface area contributed by atoms with Crippen molar-refractivity contribution in [2.75, 3.05) is 26.2 Å². The van der Waals surface area contributed by atoms with Crippen LogP contribution in [0.5, 0.6) is 0 Å². The third-order valence-corrected chi connectivity index (χ3v) is 5.04. The molecule has 120 valence electrons. The van der Waals surface area contributed by atoms with Crippen LogP contribution in [0.2, 0.25) is 0 Å². The molecule has 0 aromatic heterocycles. The minimum absolute atomic E-state index is 0.0931. The monoisotopic (exact) mass is 302 g/mol. The smallest absolute Gasteiger partial charge is 0.323 e. The fourth-order valence-electron chi connectivity index (χ4n) is 3.84. The highest BCUT2D eigenvalue weighted by Crippen LogP contribution is 2.34. The van der Waals surface area contributed by atoms with Crippen LogP contribution in [0.25, 0.3) is 0 Å². The lowest BCUT2D eigenvalue weighted by molar-refractivity contribution is -0.151. The Hall–Kier alpha value is -1.39. The third kappa shape index (κ3) is 3.50. The van der Waals surface area contributed by atoms with Crippen LogP contribution in [0.4, 0.5) is 0 Å². The number of nitrogens with one attached hydrogen (secondary N) is 1. The summed E-state index contributed by atoms with van der Waals surface area (Å²) in [5.74, 6) is 0.966. The summed E-state index contributed by atoms with van der Waals surface area (Å²) < 4.78 is 5.58. The molecular weight excluding hydrogens is 276 g/mol. The standard InChI is InChI=1S/C18H26N2O2/c1-2-19-17(16-12-20-10-8-15(16)9-11-20)18(21)22-13-14-6-4-3-5-7-14/h3-7,15-17,19H,2,8-13H2,1H3. The van der Waals surface area contributed by atoms with Crippen LogP contribution in [-0.2, 0) is 16.1 Å². The number of carbonyl (C=O) groups is 1. The van der Waals surface area contributed by atoms with Crippen molar-refractivity contribution >= 4 is 5.97 Å². The summed E-state index contributed by atoms with van der Waals surface area (Å²) in [5.41, 5.74) is 1.04. The summed E-state index contributed by atoms with van der Waals surface area (Å²) >= 11 is 0. The van der Waals surface area contributed by atoms with Crippen LogP contribution in [-0.4, -0.2) is 43.1 Å². The van der Waals surface area contributed by atoms with E-state index in [9.17, 15) is 4.79 Å². The normalized spacial score (nSPS) is 28.3. The zero-order valence-corrected chi connectivity index (χ0v) is 13.3. The number of ether oxygens (including phenoxy) is 1. The Morgan fingerprint density at radius 2 is 2.05 bits per heavy atom. The number of benzene rings is 1. The van der Waals surface area contributed by atoms with E-state index in [0.717, 1.165) is 18.7 Å². The van der Waals surface area contributed by atoms with Gasteiger partial charge in [0.05, 0.1) is 0 Å². The molecule has 0 saturated carbocycles. The lowest BCUT2D eigenvalue weighted by atomic mass is 9.75. The predicted octanol–water partition coefficient (Wildman–Crippen LogP) is 2.05. The summed E-state index contributed by atoms with van der Waals surface area (Å²) in [4.78, 5) is 15.1. The van der Waals surface area contributed by atoms with Crippen molar-refractivity contribution in [2.24, 2.45) is 11.8 Å². The highest BCUT2D eigenvalue weighted by atomic mass is 16.5. The van der Waals surface area contributed by atoms with Crippen LogP contribution >= 0.6 is 0 Å². The second kappa shape index (κ2) is 7.25. The van der Waals surface area contributed by atoms with Crippen LogP contribution in [0, 0.1) is 11.8 Å². The molecular formula is C18H26N2O2. The van der Waals surface area contributed by atoms with Gasteiger partial charge in [0.15, 0.2) is 0 Å². The third-order valence-electron chi connectivity index (χ3n) is 5.04. The number of nitrogens with zero attached hydrogens (tertiary/aromatic N) is 1. The van der Waals surface area contributed by atoms with Gasteiger partial charge in [0, 0.05) is 12.5 Å². The van der Waals surface area contributed by atoms with Crippen molar-refractivity contribution in [3.8, 4) is 0 Å². The summed E-state index contributed by atoms with van der Waals surface area (Å²) in [6.07, 6.45) is 2.44. The van der Waals surface area contributed by atoms with E-state index in [4.69, 9.17) is 4.74 Å². The van der Waals surface area contributed by atoms with Gasteiger partial charge in [0.25, 0.3) is 0 Å². The van der Waals surface area contributed by atoms with Gasteiger partial charge in [0.2, 0.25) is 0 Å². The van der Waals surface area contributed by atoms with E-state index < -0.39 is 0 Å². The van der Waals surface area contributed by atoms with Gasteiger partial charge in [-0.2, -0.15) is 0 Å². The van der Waals surface area contributed by atoms with E-state index in [2.05, 4.69) is 17.1 Å². The Kier molecular flexibility index (Phi) is 5.11. The maximum Gasteiger partial charge on any atom is 0.323 e. The first-order valence-electron chi connectivity index (χ1n) is 8.44. The number of rotatable bonds is 6. The number of likely N-dealkylation sites (N-methyl/N-ethyl adjacent to an activating group) is 1. The summed E-state index contributed by atoms with van der Waals surface area (Å²) in [7, 11) is 0. The molecule has 2 unspecified atom stereocenters. The van der Waals surface area contributed by atoms with Crippen molar-refractivity contribution in [1.29, 1.82) is 0 Å². The zero-order valence-electron chi connectivity index (χ0n) is 13.3. The van der Waals surface area contributed by atoms with E-state index in [1.165, 1.54) is 25.9 Å². The predicted molar refractivity (Wildman–Crippen MR) is 86.4 cm³/mol. The van der Waals surface area contributed by atoms with Crippen LogP contribution in [0.1, 0.15) is 25.3 Å². The SMILES string of the molecule is CCNC(C(=O)OCc1ccccc1)C1CN2CCC1CC2. The molecule has 0 aliphatic carbocycles. The lowest BCUT2D eigenvalue weighted by Gasteiger charge is -2.47. The number of piperidine rings is 3. The Morgan fingerprint density at radius 1 is 1.32 bits per heavy atom. The van der Waals surface area contributed by atoms with Crippen molar-refractivity contribution in [2.45, 2.75) is 32.4 Å². The highest BCUT2D eigenvalue weighted by Gasteiger charge is 2.41. The van der Waals surface area contributed by atoms with Crippen molar-refractivity contribution in [1.82, 2.24) is 10.2 Å². The number of hydrogen-bond donors (Lipinski definition) is 1. The van der Waals surface area contributed by atoms with E-state index >= 15 is 0 Å². The largest absolute Gasteiger partial charge is 0.460 e. The first-order valence-corrected chi connectivity index (χ1v) is 8.44.